The van der Waals surface area contributed by atoms with E-state index in [0.717, 1.165) is 18.9 Å². The zero-order chi connectivity index (χ0) is 14.0. The number of phenols is 1. The number of carbonyl (C=O) groups is 2. The molecule has 4 N–H and O–H groups in total. The van der Waals surface area contributed by atoms with Crippen molar-refractivity contribution in [2.45, 2.75) is 25.8 Å². The van der Waals surface area contributed by atoms with Crippen LogP contribution in [0.5, 0.6) is 5.75 Å². The summed E-state index contributed by atoms with van der Waals surface area (Å²) in [4.78, 5) is 22.4. The monoisotopic (exact) mass is 264 g/mol. The number of nitrogens with one attached hydrogen (secondary N) is 2. The first-order chi connectivity index (χ1) is 8.97. The van der Waals surface area contributed by atoms with Gasteiger partial charge in [-0.15, -0.1) is 0 Å². The molecule has 0 saturated heterocycles. The standard InChI is InChI=1S/C13H16N2O4/c1-7(8-2-3-8)14-13(19)15-10-5-4-9(12(17)18)6-11(10)16/h4-8,16H,2-3H2,1H3,(H,17,18)(H2,14,15,19). The highest BCUT2D eigenvalue weighted by atomic mass is 16.4. The summed E-state index contributed by atoms with van der Waals surface area (Å²) >= 11 is 0. The number of urea groups is 1. The molecule has 1 aromatic rings. The van der Waals surface area contributed by atoms with Crippen LogP contribution in [0.2, 0.25) is 0 Å². The van der Waals surface area contributed by atoms with Gasteiger partial charge in [0.25, 0.3) is 0 Å². The van der Waals surface area contributed by atoms with Gasteiger partial charge in [-0.1, -0.05) is 0 Å². The summed E-state index contributed by atoms with van der Waals surface area (Å²) in [5.74, 6) is -0.864. The molecule has 0 aliphatic heterocycles. The highest BCUT2D eigenvalue weighted by Gasteiger charge is 2.28. The molecule has 1 aliphatic carbocycles. The molecule has 1 aromatic carbocycles. The maximum absolute atomic E-state index is 11.7. The van der Waals surface area contributed by atoms with E-state index in [9.17, 15) is 14.7 Å². The van der Waals surface area contributed by atoms with Crippen LogP contribution >= 0.6 is 0 Å². The lowest BCUT2D eigenvalue weighted by molar-refractivity contribution is 0.0696. The number of amides is 2. The van der Waals surface area contributed by atoms with Crippen LogP contribution in [0.15, 0.2) is 18.2 Å². The van der Waals surface area contributed by atoms with Gasteiger partial charge >= 0.3 is 12.0 Å². The average Bonchev–Trinajstić information content (AvgIpc) is 3.15. The van der Waals surface area contributed by atoms with Crippen LogP contribution in [-0.4, -0.2) is 28.3 Å². The van der Waals surface area contributed by atoms with Crippen LogP contribution < -0.4 is 10.6 Å². The number of aromatic carboxylic acids is 1. The molecule has 0 aromatic heterocycles. The van der Waals surface area contributed by atoms with Crippen molar-refractivity contribution in [2.24, 2.45) is 5.92 Å². The molecule has 102 valence electrons. The van der Waals surface area contributed by atoms with Crippen molar-refractivity contribution >= 4 is 17.7 Å². The Morgan fingerprint density at radius 2 is 2.05 bits per heavy atom. The Balaban J connectivity index is 1.98. The molecular weight excluding hydrogens is 248 g/mol. The summed E-state index contributed by atoms with van der Waals surface area (Å²) in [5.41, 5.74) is 0.153. The minimum Gasteiger partial charge on any atom is -0.506 e. The lowest BCUT2D eigenvalue weighted by atomic mass is 10.2. The lowest BCUT2D eigenvalue weighted by Crippen LogP contribution is -2.37. The second-order valence-corrected chi connectivity index (χ2v) is 4.76. The van der Waals surface area contributed by atoms with E-state index in [1.165, 1.54) is 12.1 Å². The third-order valence-corrected chi connectivity index (χ3v) is 3.18. The highest BCUT2D eigenvalue weighted by Crippen LogP contribution is 2.32. The van der Waals surface area contributed by atoms with Gasteiger partial charge in [0.15, 0.2) is 0 Å². The van der Waals surface area contributed by atoms with E-state index in [-0.39, 0.29) is 23.0 Å². The van der Waals surface area contributed by atoms with Crippen LogP contribution in [0.1, 0.15) is 30.1 Å². The average molecular weight is 264 g/mol. The summed E-state index contributed by atoms with van der Waals surface area (Å²) in [6.45, 7) is 1.94. The Morgan fingerprint density at radius 1 is 1.37 bits per heavy atom. The normalized spacial score (nSPS) is 15.6. The van der Waals surface area contributed by atoms with Crippen LogP contribution in [0.25, 0.3) is 0 Å². The van der Waals surface area contributed by atoms with E-state index in [2.05, 4.69) is 10.6 Å². The molecule has 6 nitrogen and oxygen atoms in total. The van der Waals surface area contributed by atoms with E-state index >= 15 is 0 Å². The van der Waals surface area contributed by atoms with Crippen LogP contribution in [0.3, 0.4) is 0 Å². The Morgan fingerprint density at radius 3 is 2.58 bits per heavy atom. The zero-order valence-corrected chi connectivity index (χ0v) is 10.5. The second-order valence-electron chi connectivity index (χ2n) is 4.76. The minimum atomic E-state index is -1.13. The number of hydrogen-bond acceptors (Lipinski definition) is 3. The van der Waals surface area contributed by atoms with Gasteiger partial charge in [-0.2, -0.15) is 0 Å². The summed E-state index contributed by atoms with van der Waals surface area (Å²) in [5, 5.41) is 23.7. The molecule has 0 spiro atoms. The fourth-order valence-electron chi connectivity index (χ4n) is 1.85. The smallest absolute Gasteiger partial charge is 0.335 e. The van der Waals surface area contributed by atoms with Crippen molar-refractivity contribution in [3.63, 3.8) is 0 Å². The lowest BCUT2D eigenvalue weighted by Gasteiger charge is -2.14. The number of hydrogen-bond donors (Lipinski definition) is 4. The second kappa shape index (κ2) is 5.17. The Kier molecular flexibility index (Phi) is 3.59. The van der Waals surface area contributed by atoms with Gasteiger partial charge in [0.2, 0.25) is 0 Å². The molecule has 6 heteroatoms. The summed E-state index contributed by atoms with van der Waals surface area (Å²) < 4.78 is 0. The van der Waals surface area contributed by atoms with Crippen molar-refractivity contribution in [1.29, 1.82) is 0 Å². The molecule has 0 radical (unpaired) electrons. The van der Waals surface area contributed by atoms with E-state index < -0.39 is 12.0 Å². The van der Waals surface area contributed by atoms with Gasteiger partial charge in [-0.05, 0) is 43.9 Å². The molecule has 0 heterocycles. The largest absolute Gasteiger partial charge is 0.506 e. The molecule has 2 amide bonds. The van der Waals surface area contributed by atoms with Crippen molar-refractivity contribution in [3.8, 4) is 5.75 Å². The maximum Gasteiger partial charge on any atom is 0.335 e. The van der Waals surface area contributed by atoms with Crippen molar-refractivity contribution in [1.82, 2.24) is 5.32 Å². The maximum atomic E-state index is 11.7. The van der Waals surface area contributed by atoms with E-state index in [1.807, 2.05) is 6.92 Å². The zero-order valence-electron chi connectivity index (χ0n) is 10.5. The molecular formula is C13H16N2O4. The number of rotatable bonds is 4. The fraction of sp³-hybridized carbons (Fsp3) is 0.385. The molecule has 1 saturated carbocycles. The topological polar surface area (TPSA) is 98.7 Å². The summed E-state index contributed by atoms with van der Waals surface area (Å²) in [7, 11) is 0. The van der Waals surface area contributed by atoms with Crippen LogP contribution in [0.4, 0.5) is 10.5 Å². The molecule has 1 fully saturated rings. The Labute approximate surface area is 110 Å². The third kappa shape index (κ3) is 3.37. The fourth-order valence-corrected chi connectivity index (χ4v) is 1.85. The molecule has 0 bridgehead atoms. The SMILES string of the molecule is CC(NC(=O)Nc1ccc(C(=O)O)cc1O)C1CC1. The number of benzene rings is 1. The Hall–Kier alpha value is -2.24. The number of carboxylic acid groups (broad SMARTS) is 1. The van der Waals surface area contributed by atoms with Gasteiger partial charge in [-0.3, -0.25) is 0 Å². The minimum absolute atomic E-state index is 0.0326. The van der Waals surface area contributed by atoms with Crippen LogP contribution in [-0.2, 0) is 0 Å². The molecule has 1 atom stereocenters. The van der Waals surface area contributed by atoms with Crippen molar-refractivity contribution in [2.75, 3.05) is 5.32 Å². The first kappa shape index (κ1) is 13.2. The molecule has 1 unspecified atom stereocenters. The quantitative estimate of drug-likeness (QED) is 0.625. The van der Waals surface area contributed by atoms with Gasteiger partial charge in [0.1, 0.15) is 5.75 Å². The van der Waals surface area contributed by atoms with E-state index in [0.29, 0.717) is 5.92 Å². The number of carboxylic acids is 1. The van der Waals surface area contributed by atoms with Gasteiger partial charge < -0.3 is 20.8 Å². The number of carbonyl (C=O) groups excluding carboxylic acids is 1. The Bertz CT molecular complexity index is 511. The predicted octanol–water partition coefficient (Wildman–Crippen LogP) is 2.01. The number of phenolic OH excluding ortho intramolecular Hbond substituents is 1. The van der Waals surface area contributed by atoms with Crippen LogP contribution in [0, 0.1) is 5.92 Å². The highest BCUT2D eigenvalue weighted by molar-refractivity contribution is 5.93. The third-order valence-electron chi connectivity index (χ3n) is 3.18. The first-order valence-electron chi connectivity index (χ1n) is 6.11. The molecule has 2 rings (SSSR count). The first-order valence-corrected chi connectivity index (χ1v) is 6.11. The summed E-state index contributed by atoms with van der Waals surface area (Å²) in [6, 6.07) is 3.47. The van der Waals surface area contributed by atoms with Gasteiger partial charge in [0.05, 0.1) is 11.3 Å². The van der Waals surface area contributed by atoms with Crippen molar-refractivity contribution < 1.29 is 19.8 Å². The molecule has 1 aliphatic rings. The van der Waals surface area contributed by atoms with Crippen molar-refractivity contribution in [3.05, 3.63) is 23.8 Å². The van der Waals surface area contributed by atoms with Gasteiger partial charge in [-0.25, -0.2) is 9.59 Å². The number of anilines is 1. The number of aromatic hydroxyl groups is 1. The summed E-state index contributed by atoms with van der Waals surface area (Å²) in [6.07, 6.45) is 2.25. The predicted molar refractivity (Wildman–Crippen MR) is 69.4 cm³/mol. The van der Waals surface area contributed by atoms with Gasteiger partial charge in [0, 0.05) is 6.04 Å². The molecule has 19 heavy (non-hydrogen) atoms. The van der Waals surface area contributed by atoms with E-state index in [4.69, 9.17) is 5.11 Å². The van der Waals surface area contributed by atoms with E-state index in [1.54, 1.807) is 0 Å².